The Morgan fingerprint density at radius 3 is 2.71 bits per heavy atom. The average molecular weight is 234 g/mol. The minimum Gasteiger partial charge on any atom is -0.370 e. The van der Waals surface area contributed by atoms with Gasteiger partial charge in [0.2, 0.25) is 11.8 Å². The number of anilines is 2. The molecular formula is C11H14N4O2. The van der Waals surface area contributed by atoms with Gasteiger partial charge in [0.15, 0.2) is 0 Å². The summed E-state index contributed by atoms with van der Waals surface area (Å²) >= 11 is 0. The van der Waals surface area contributed by atoms with Crippen LogP contribution in [-0.2, 0) is 9.59 Å². The molecule has 0 unspecified atom stereocenters. The molecule has 0 bridgehead atoms. The number of hydrogen-bond donors (Lipinski definition) is 2. The molecule has 1 aromatic rings. The van der Waals surface area contributed by atoms with Crippen molar-refractivity contribution in [2.24, 2.45) is 0 Å². The summed E-state index contributed by atoms with van der Waals surface area (Å²) in [5.41, 5.74) is 0. The van der Waals surface area contributed by atoms with Crippen LogP contribution in [0.1, 0.15) is 6.92 Å². The van der Waals surface area contributed by atoms with Gasteiger partial charge in [0.05, 0.1) is 13.1 Å². The molecular weight excluding hydrogens is 220 g/mol. The summed E-state index contributed by atoms with van der Waals surface area (Å²) in [6.45, 7) is 3.07. The Balaban J connectivity index is 2.18. The maximum atomic E-state index is 11.3. The molecule has 1 saturated heterocycles. The van der Waals surface area contributed by atoms with Gasteiger partial charge in [-0.15, -0.1) is 0 Å². The lowest BCUT2D eigenvalue weighted by atomic mass is 10.3. The van der Waals surface area contributed by atoms with Crippen molar-refractivity contribution in [3.8, 4) is 0 Å². The van der Waals surface area contributed by atoms with Crippen LogP contribution in [0.2, 0.25) is 0 Å². The molecule has 6 heteroatoms. The van der Waals surface area contributed by atoms with E-state index < -0.39 is 0 Å². The molecule has 1 aliphatic heterocycles. The van der Waals surface area contributed by atoms with Gasteiger partial charge in [0.25, 0.3) is 0 Å². The van der Waals surface area contributed by atoms with Gasteiger partial charge in [0, 0.05) is 6.54 Å². The summed E-state index contributed by atoms with van der Waals surface area (Å²) in [5.74, 6) is 0.781. The van der Waals surface area contributed by atoms with E-state index in [1.807, 2.05) is 19.1 Å². The monoisotopic (exact) mass is 234 g/mol. The van der Waals surface area contributed by atoms with Crippen molar-refractivity contribution in [1.82, 2.24) is 10.3 Å². The zero-order valence-corrected chi connectivity index (χ0v) is 9.56. The Hall–Kier alpha value is -2.11. The van der Waals surface area contributed by atoms with Crippen molar-refractivity contribution in [3.63, 3.8) is 0 Å². The predicted octanol–water partition coefficient (Wildman–Crippen LogP) is -0.0238. The molecule has 0 saturated carbocycles. The van der Waals surface area contributed by atoms with Crippen molar-refractivity contribution in [1.29, 1.82) is 0 Å². The number of imide groups is 1. The highest BCUT2D eigenvalue weighted by molar-refractivity contribution is 6.02. The molecule has 0 atom stereocenters. The Bertz CT molecular complexity index is 431. The number of carbonyl (C=O) groups excluding carboxylic acids is 2. The predicted molar refractivity (Wildman–Crippen MR) is 63.8 cm³/mol. The quantitative estimate of drug-likeness (QED) is 0.719. The van der Waals surface area contributed by atoms with Gasteiger partial charge in [-0.1, -0.05) is 6.07 Å². The zero-order chi connectivity index (χ0) is 12.3. The lowest BCUT2D eigenvalue weighted by Crippen LogP contribution is -2.51. The highest BCUT2D eigenvalue weighted by Gasteiger charge is 2.23. The van der Waals surface area contributed by atoms with Gasteiger partial charge in [-0.3, -0.25) is 14.9 Å². The summed E-state index contributed by atoms with van der Waals surface area (Å²) in [6.07, 6.45) is 0. The van der Waals surface area contributed by atoms with Gasteiger partial charge in [-0.2, -0.15) is 0 Å². The molecule has 2 heterocycles. The fraction of sp³-hybridized carbons (Fsp3) is 0.364. The smallest absolute Gasteiger partial charge is 0.246 e. The minimum absolute atomic E-state index is 0.161. The van der Waals surface area contributed by atoms with Crippen LogP contribution >= 0.6 is 0 Å². The van der Waals surface area contributed by atoms with E-state index in [9.17, 15) is 9.59 Å². The third-order valence-corrected chi connectivity index (χ3v) is 2.36. The molecule has 0 radical (unpaired) electrons. The number of nitrogens with one attached hydrogen (secondary N) is 2. The molecule has 1 fully saturated rings. The van der Waals surface area contributed by atoms with E-state index >= 15 is 0 Å². The maximum absolute atomic E-state index is 11.3. The summed E-state index contributed by atoms with van der Waals surface area (Å²) < 4.78 is 0. The first-order chi connectivity index (χ1) is 8.19. The third-order valence-electron chi connectivity index (χ3n) is 2.36. The SMILES string of the molecule is CCNc1cccc(N2CC(=O)NC(=O)C2)n1. The normalized spacial score (nSPS) is 15.7. The summed E-state index contributed by atoms with van der Waals surface area (Å²) in [6, 6.07) is 5.48. The van der Waals surface area contributed by atoms with Crippen molar-refractivity contribution in [2.45, 2.75) is 6.92 Å². The van der Waals surface area contributed by atoms with E-state index in [0.29, 0.717) is 5.82 Å². The molecule has 17 heavy (non-hydrogen) atoms. The largest absolute Gasteiger partial charge is 0.370 e. The first-order valence-corrected chi connectivity index (χ1v) is 5.47. The standard InChI is InChI=1S/C11H14N4O2/c1-2-12-8-4-3-5-9(13-8)15-6-10(16)14-11(17)7-15/h3-5H,2,6-7H2,1H3,(H,12,13)(H,14,16,17). The number of hydrogen-bond acceptors (Lipinski definition) is 5. The lowest BCUT2D eigenvalue weighted by molar-refractivity contribution is -0.130. The summed E-state index contributed by atoms with van der Waals surface area (Å²) in [4.78, 5) is 28.5. The number of amides is 2. The highest BCUT2D eigenvalue weighted by atomic mass is 16.2. The average Bonchev–Trinajstić information content (AvgIpc) is 2.28. The highest BCUT2D eigenvalue weighted by Crippen LogP contribution is 2.14. The Kier molecular flexibility index (Phi) is 3.22. The van der Waals surface area contributed by atoms with Crippen molar-refractivity contribution >= 4 is 23.5 Å². The van der Waals surface area contributed by atoms with Crippen LogP contribution < -0.4 is 15.5 Å². The molecule has 2 N–H and O–H groups in total. The van der Waals surface area contributed by atoms with Gasteiger partial charge in [-0.25, -0.2) is 4.98 Å². The lowest BCUT2D eigenvalue weighted by Gasteiger charge is -2.26. The Labute approximate surface area is 99.0 Å². The van der Waals surface area contributed by atoms with Crippen molar-refractivity contribution in [2.75, 3.05) is 29.9 Å². The van der Waals surface area contributed by atoms with Crippen LogP contribution in [0.5, 0.6) is 0 Å². The molecule has 6 nitrogen and oxygen atoms in total. The van der Waals surface area contributed by atoms with Gasteiger partial charge < -0.3 is 10.2 Å². The molecule has 1 aliphatic rings. The van der Waals surface area contributed by atoms with E-state index in [0.717, 1.165) is 12.4 Å². The van der Waals surface area contributed by atoms with Gasteiger partial charge in [-0.05, 0) is 19.1 Å². The first kappa shape index (κ1) is 11.4. The number of carbonyl (C=O) groups is 2. The van der Waals surface area contributed by atoms with Crippen LogP contribution in [0.4, 0.5) is 11.6 Å². The third kappa shape index (κ3) is 2.72. The van der Waals surface area contributed by atoms with E-state index in [1.54, 1.807) is 11.0 Å². The minimum atomic E-state index is -0.295. The summed E-state index contributed by atoms with van der Waals surface area (Å²) in [7, 11) is 0. The van der Waals surface area contributed by atoms with Crippen LogP contribution in [-0.4, -0.2) is 36.4 Å². The van der Waals surface area contributed by atoms with E-state index in [2.05, 4.69) is 15.6 Å². The number of pyridine rings is 1. The molecule has 1 aromatic heterocycles. The zero-order valence-electron chi connectivity index (χ0n) is 9.56. The van der Waals surface area contributed by atoms with Crippen molar-refractivity contribution < 1.29 is 9.59 Å². The molecule has 2 rings (SSSR count). The first-order valence-electron chi connectivity index (χ1n) is 5.47. The molecule has 2 amide bonds. The second-order valence-electron chi connectivity index (χ2n) is 3.74. The van der Waals surface area contributed by atoms with Crippen LogP contribution in [0.15, 0.2) is 18.2 Å². The maximum Gasteiger partial charge on any atom is 0.246 e. The number of rotatable bonds is 3. The van der Waals surface area contributed by atoms with Crippen LogP contribution in [0.3, 0.4) is 0 Å². The fourth-order valence-corrected chi connectivity index (χ4v) is 1.68. The van der Waals surface area contributed by atoms with Crippen molar-refractivity contribution in [3.05, 3.63) is 18.2 Å². The van der Waals surface area contributed by atoms with E-state index in [-0.39, 0.29) is 24.9 Å². The number of nitrogens with zero attached hydrogens (tertiary/aromatic N) is 2. The summed E-state index contributed by atoms with van der Waals surface area (Å²) in [5, 5.41) is 5.34. The Morgan fingerprint density at radius 2 is 2.06 bits per heavy atom. The number of piperazine rings is 1. The van der Waals surface area contributed by atoms with Gasteiger partial charge in [0.1, 0.15) is 11.6 Å². The second-order valence-corrected chi connectivity index (χ2v) is 3.74. The topological polar surface area (TPSA) is 74.3 Å². The molecule has 0 spiro atoms. The van der Waals surface area contributed by atoms with Crippen LogP contribution in [0, 0.1) is 0 Å². The number of aromatic nitrogens is 1. The molecule has 90 valence electrons. The molecule has 0 aromatic carbocycles. The fourth-order valence-electron chi connectivity index (χ4n) is 1.68. The van der Waals surface area contributed by atoms with Gasteiger partial charge >= 0.3 is 0 Å². The second kappa shape index (κ2) is 4.82. The molecule has 0 aliphatic carbocycles. The van der Waals surface area contributed by atoms with Crippen LogP contribution in [0.25, 0.3) is 0 Å². The van der Waals surface area contributed by atoms with E-state index in [4.69, 9.17) is 0 Å². The van der Waals surface area contributed by atoms with E-state index in [1.165, 1.54) is 0 Å². The Morgan fingerprint density at radius 1 is 1.35 bits per heavy atom.